The van der Waals surface area contributed by atoms with Gasteiger partial charge < -0.3 is 24.3 Å². The maximum Gasteiger partial charge on any atom is 0.407 e. The molecule has 31 heavy (non-hydrogen) atoms. The summed E-state index contributed by atoms with van der Waals surface area (Å²) < 4.78 is 21.6. The summed E-state index contributed by atoms with van der Waals surface area (Å²) in [5, 5.41) is 2.68. The number of rotatable bonds is 14. The second kappa shape index (κ2) is 14.5. The molecule has 0 aliphatic carbocycles. The molecular formula is C24H39NO6. The minimum absolute atomic E-state index is 0.320. The molecule has 0 aromatic heterocycles. The van der Waals surface area contributed by atoms with Gasteiger partial charge in [0.15, 0.2) is 0 Å². The third-order valence-electron chi connectivity index (χ3n) is 4.37. The standard InChI is InChI=1S/C24H39NO6/c1-6-7-8-9-10-11-16-29-19-13-14-20(22(26)28-5)21(18-19)30-17-12-15-25-23(27)31-24(2,3)4/h13-14,18H,6-12,15-17H2,1-5H3,(H,25,27). The summed E-state index contributed by atoms with van der Waals surface area (Å²) >= 11 is 0. The largest absolute Gasteiger partial charge is 0.493 e. The van der Waals surface area contributed by atoms with Crippen LogP contribution in [0.3, 0.4) is 0 Å². The predicted molar refractivity (Wildman–Crippen MR) is 121 cm³/mol. The van der Waals surface area contributed by atoms with E-state index >= 15 is 0 Å². The Morgan fingerprint density at radius 2 is 1.61 bits per heavy atom. The minimum Gasteiger partial charge on any atom is -0.493 e. The molecule has 0 aliphatic rings. The number of hydrogen-bond donors (Lipinski definition) is 1. The zero-order valence-corrected chi connectivity index (χ0v) is 19.8. The first-order chi connectivity index (χ1) is 14.8. The van der Waals surface area contributed by atoms with Crippen molar-refractivity contribution in [2.75, 3.05) is 26.9 Å². The van der Waals surface area contributed by atoms with Crippen molar-refractivity contribution < 1.29 is 28.5 Å². The van der Waals surface area contributed by atoms with Crippen LogP contribution in [0.2, 0.25) is 0 Å². The summed E-state index contributed by atoms with van der Waals surface area (Å²) in [4.78, 5) is 23.7. The molecule has 1 rings (SSSR count). The topological polar surface area (TPSA) is 83.1 Å². The van der Waals surface area contributed by atoms with Gasteiger partial charge in [-0.1, -0.05) is 39.0 Å². The van der Waals surface area contributed by atoms with Gasteiger partial charge in [0.25, 0.3) is 0 Å². The lowest BCUT2D eigenvalue weighted by molar-refractivity contribution is 0.0525. The molecule has 7 heteroatoms. The van der Waals surface area contributed by atoms with Gasteiger partial charge in [-0.2, -0.15) is 0 Å². The van der Waals surface area contributed by atoms with Crippen LogP contribution in [-0.2, 0) is 9.47 Å². The third kappa shape index (κ3) is 12.1. The molecule has 0 bridgehead atoms. The number of carbonyl (C=O) groups is 2. The Balaban J connectivity index is 2.49. The van der Waals surface area contributed by atoms with Crippen LogP contribution in [0.4, 0.5) is 4.79 Å². The normalized spacial score (nSPS) is 11.0. The predicted octanol–water partition coefficient (Wildman–Crippen LogP) is 5.51. The number of benzene rings is 1. The third-order valence-corrected chi connectivity index (χ3v) is 4.37. The van der Waals surface area contributed by atoms with Crippen molar-refractivity contribution in [1.29, 1.82) is 0 Å². The van der Waals surface area contributed by atoms with Crippen LogP contribution in [-0.4, -0.2) is 44.5 Å². The minimum atomic E-state index is -0.536. The van der Waals surface area contributed by atoms with Gasteiger partial charge >= 0.3 is 12.1 Å². The summed E-state index contributed by atoms with van der Waals surface area (Å²) in [6, 6.07) is 5.11. The monoisotopic (exact) mass is 437 g/mol. The van der Waals surface area contributed by atoms with Crippen LogP contribution in [0.1, 0.15) is 83.0 Å². The number of alkyl carbamates (subject to hydrolysis) is 1. The molecule has 0 fully saturated rings. The van der Waals surface area contributed by atoms with Crippen molar-refractivity contribution in [3.8, 4) is 11.5 Å². The van der Waals surface area contributed by atoms with Gasteiger partial charge in [-0.3, -0.25) is 0 Å². The zero-order chi connectivity index (χ0) is 23.1. The summed E-state index contributed by atoms with van der Waals surface area (Å²) in [5.41, 5.74) is -0.194. The summed E-state index contributed by atoms with van der Waals surface area (Å²) in [5.74, 6) is 0.594. The quantitative estimate of drug-likeness (QED) is 0.305. The van der Waals surface area contributed by atoms with Crippen molar-refractivity contribution in [2.45, 2.75) is 78.2 Å². The van der Waals surface area contributed by atoms with Crippen molar-refractivity contribution in [3.05, 3.63) is 23.8 Å². The van der Waals surface area contributed by atoms with Gasteiger partial charge in [0.1, 0.15) is 22.7 Å². The van der Waals surface area contributed by atoms with E-state index in [0.29, 0.717) is 43.2 Å². The number of amides is 1. The summed E-state index contributed by atoms with van der Waals surface area (Å²) in [7, 11) is 1.33. The molecule has 0 heterocycles. The molecule has 0 aliphatic heterocycles. The molecule has 0 atom stereocenters. The Labute approximate surface area is 186 Å². The smallest absolute Gasteiger partial charge is 0.407 e. The molecule has 1 aromatic rings. The van der Waals surface area contributed by atoms with Crippen molar-refractivity contribution in [2.24, 2.45) is 0 Å². The van der Waals surface area contributed by atoms with E-state index in [9.17, 15) is 9.59 Å². The fourth-order valence-corrected chi connectivity index (χ4v) is 2.82. The van der Waals surface area contributed by atoms with E-state index in [1.165, 1.54) is 32.8 Å². The molecule has 1 aromatic carbocycles. The molecular weight excluding hydrogens is 398 g/mol. The SMILES string of the molecule is CCCCCCCCOc1ccc(C(=O)OC)c(OCCCNC(=O)OC(C)(C)C)c1. The second-order valence-electron chi connectivity index (χ2n) is 8.40. The van der Waals surface area contributed by atoms with Crippen LogP contribution < -0.4 is 14.8 Å². The van der Waals surface area contributed by atoms with Gasteiger partial charge in [0, 0.05) is 12.6 Å². The number of ether oxygens (including phenoxy) is 4. The van der Waals surface area contributed by atoms with E-state index < -0.39 is 17.7 Å². The molecule has 0 radical (unpaired) electrons. The molecule has 7 nitrogen and oxygen atoms in total. The number of nitrogens with one attached hydrogen (secondary N) is 1. The number of esters is 1. The zero-order valence-electron chi connectivity index (χ0n) is 19.8. The van der Waals surface area contributed by atoms with Crippen LogP contribution in [0.5, 0.6) is 11.5 Å². The molecule has 1 N–H and O–H groups in total. The molecule has 0 saturated carbocycles. The van der Waals surface area contributed by atoms with Gasteiger partial charge in [0.05, 0.1) is 20.3 Å². The highest BCUT2D eigenvalue weighted by Gasteiger charge is 2.16. The number of hydrogen-bond acceptors (Lipinski definition) is 6. The number of unbranched alkanes of at least 4 members (excludes halogenated alkanes) is 5. The van der Waals surface area contributed by atoms with Gasteiger partial charge in [-0.25, -0.2) is 9.59 Å². The second-order valence-corrected chi connectivity index (χ2v) is 8.40. The van der Waals surface area contributed by atoms with Crippen LogP contribution in [0.25, 0.3) is 0 Å². The molecule has 0 saturated heterocycles. The summed E-state index contributed by atoms with van der Waals surface area (Å²) in [6.45, 7) is 8.99. The number of methoxy groups -OCH3 is 1. The van der Waals surface area contributed by atoms with E-state index in [4.69, 9.17) is 18.9 Å². The van der Waals surface area contributed by atoms with Gasteiger partial charge in [-0.15, -0.1) is 0 Å². The maximum atomic E-state index is 12.0. The maximum absolute atomic E-state index is 12.0. The Kier molecular flexibility index (Phi) is 12.5. The number of carbonyl (C=O) groups excluding carboxylic acids is 2. The Morgan fingerprint density at radius 3 is 2.29 bits per heavy atom. The van der Waals surface area contributed by atoms with Crippen molar-refractivity contribution in [1.82, 2.24) is 5.32 Å². The van der Waals surface area contributed by atoms with E-state index in [1.54, 1.807) is 18.2 Å². The fourth-order valence-electron chi connectivity index (χ4n) is 2.82. The average molecular weight is 438 g/mol. The molecule has 1 amide bonds. The first kappa shape index (κ1) is 26.6. The van der Waals surface area contributed by atoms with E-state index in [-0.39, 0.29) is 0 Å². The van der Waals surface area contributed by atoms with E-state index in [1.807, 2.05) is 20.8 Å². The van der Waals surface area contributed by atoms with Gasteiger partial charge in [-0.05, 0) is 45.7 Å². The highest BCUT2D eigenvalue weighted by molar-refractivity contribution is 5.92. The first-order valence-electron chi connectivity index (χ1n) is 11.2. The Hall–Kier alpha value is -2.44. The fraction of sp³-hybridized carbons (Fsp3) is 0.667. The van der Waals surface area contributed by atoms with Crippen molar-refractivity contribution in [3.63, 3.8) is 0 Å². The highest BCUT2D eigenvalue weighted by atomic mass is 16.6. The Morgan fingerprint density at radius 1 is 0.935 bits per heavy atom. The molecule has 0 spiro atoms. The van der Waals surface area contributed by atoms with Gasteiger partial charge in [0.2, 0.25) is 0 Å². The Bertz CT molecular complexity index is 669. The lowest BCUT2D eigenvalue weighted by atomic mass is 10.1. The average Bonchev–Trinajstić information content (AvgIpc) is 2.71. The molecule has 176 valence electrons. The molecule has 0 unspecified atom stereocenters. The first-order valence-corrected chi connectivity index (χ1v) is 11.2. The lowest BCUT2D eigenvalue weighted by Gasteiger charge is -2.19. The van der Waals surface area contributed by atoms with E-state index in [2.05, 4.69) is 12.2 Å². The van der Waals surface area contributed by atoms with Crippen LogP contribution >= 0.6 is 0 Å². The van der Waals surface area contributed by atoms with E-state index in [0.717, 1.165) is 12.8 Å². The van der Waals surface area contributed by atoms with Crippen LogP contribution in [0, 0.1) is 0 Å². The van der Waals surface area contributed by atoms with Crippen molar-refractivity contribution >= 4 is 12.1 Å². The van der Waals surface area contributed by atoms with Crippen LogP contribution in [0.15, 0.2) is 18.2 Å². The highest BCUT2D eigenvalue weighted by Crippen LogP contribution is 2.26. The lowest BCUT2D eigenvalue weighted by Crippen LogP contribution is -2.33. The summed E-state index contributed by atoms with van der Waals surface area (Å²) in [6.07, 6.45) is 7.25.